The lowest BCUT2D eigenvalue weighted by Gasteiger charge is -2.42. The lowest BCUT2D eigenvalue weighted by atomic mass is 9.68. The summed E-state index contributed by atoms with van der Waals surface area (Å²) in [6, 6.07) is 0.852. The maximum atomic E-state index is 3.94. The topological polar surface area (TPSA) is 12.0 Å². The van der Waals surface area contributed by atoms with Crippen LogP contribution in [0.5, 0.6) is 0 Å². The third-order valence-electron chi connectivity index (χ3n) is 6.65. The fourth-order valence-electron chi connectivity index (χ4n) is 5.81. The minimum atomic E-state index is 0.852. The SMILES string of the molecule is CCNC(C1CCCCC1CC)C1CC2CCC1C2. The summed E-state index contributed by atoms with van der Waals surface area (Å²) >= 11 is 0. The lowest BCUT2D eigenvalue weighted by molar-refractivity contribution is 0.112. The summed E-state index contributed by atoms with van der Waals surface area (Å²) in [4.78, 5) is 0. The molecule has 0 aromatic heterocycles. The van der Waals surface area contributed by atoms with Crippen LogP contribution in [-0.2, 0) is 0 Å². The van der Waals surface area contributed by atoms with E-state index in [0.29, 0.717) is 0 Å². The summed E-state index contributed by atoms with van der Waals surface area (Å²) in [7, 11) is 0. The molecule has 3 aliphatic rings. The highest BCUT2D eigenvalue weighted by Gasteiger charge is 2.46. The van der Waals surface area contributed by atoms with E-state index in [-0.39, 0.29) is 0 Å². The van der Waals surface area contributed by atoms with Crippen molar-refractivity contribution >= 4 is 0 Å². The zero-order chi connectivity index (χ0) is 13.2. The van der Waals surface area contributed by atoms with Gasteiger partial charge in [0.05, 0.1) is 0 Å². The van der Waals surface area contributed by atoms with Crippen molar-refractivity contribution in [2.45, 2.75) is 77.7 Å². The molecule has 0 amide bonds. The van der Waals surface area contributed by atoms with Crippen LogP contribution in [-0.4, -0.2) is 12.6 Å². The molecule has 1 nitrogen and oxygen atoms in total. The highest BCUT2D eigenvalue weighted by atomic mass is 14.9. The van der Waals surface area contributed by atoms with E-state index in [1.807, 2.05) is 0 Å². The van der Waals surface area contributed by atoms with Crippen LogP contribution < -0.4 is 5.32 Å². The fourth-order valence-corrected chi connectivity index (χ4v) is 5.81. The van der Waals surface area contributed by atoms with Crippen molar-refractivity contribution in [1.29, 1.82) is 0 Å². The molecule has 1 heteroatoms. The third kappa shape index (κ3) is 2.73. The number of fused-ring (bicyclic) bond motifs is 2. The molecule has 3 aliphatic carbocycles. The molecule has 6 unspecified atom stereocenters. The van der Waals surface area contributed by atoms with E-state index in [1.54, 1.807) is 25.7 Å². The number of hydrogen-bond donors (Lipinski definition) is 1. The highest BCUT2D eigenvalue weighted by Crippen LogP contribution is 2.52. The van der Waals surface area contributed by atoms with Gasteiger partial charge in [0, 0.05) is 6.04 Å². The third-order valence-corrected chi connectivity index (χ3v) is 6.65. The molecule has 3 fully saturated rings. The average molecular weight is 263 g/mol. The normalized spacial score (nSPS) is 43.6. The van der Waals surface area contributed by atoms with Crippen molar-refractivity contribution in [2.75, 3.05) is 6.54 Å². The Morgan fingerprint density at radius 3 is 2.42 bits per heavy atom. The van der Waals surface area contributed by atoms with Gasteiger partial charge in [-0.05, 0) is 61.8 Å². The maximum absolute atomic E-state index is 3.94. The van der Waals surface area contributed by atoms with Gasteiger partial charge in [-0.15, -0.1) is 0 Å². The highest BCUT2D eigenvalue weighted by molar-refractivity contribution is 4.99. The summed E-state index contributed by atoms with van der Waals surface area (Å²) in [5.41, 5.74) is 0. The van der Waals surface area contributed by atoms with Crippen molar-refractivity contribution in [3.05, 3.63) is 0 Å². The summed E-state index contributed by atoms with van der Waals surface area (Å²) in [6.07, 6.45) is 13.6. The van der Waals surface area contributed by atoms with E-state index in [4.69, 9.17) is 0 Å². The molecule has 3 rings (SSSR count). The minimum Gasteiger partial charge on any atom is -0.314 e. The Hall–Kier alpha value is -0.0400. The Kier molecular flexibility index (Phi) is 4.51. The molecule has 0 aromatic carbocycles. The quantitative estimate of drug-likeness (QED) is 0.763. The summed E-state index contributed by atoms with van der Waals surface area (Å²) in [6.45, 7) is 5.91. The first-order valence-electron chi connectivity index (χ1n) is 9.06. The molecule has 19 heavy (non-hydrogen) atoms. The van der Waals surface area contributed by atoms with E-state index in [9.17, 15) is 0 Å². The molecule has 0 aliphatic heterocycles. The molecule has 0 spiro atoms. The Balaban J connectivity index is 1.72. The number of nitrogens with one attached hydrogen (secondary N) is 1. The van der Waals surface area contributed by atoms with Crippen molar-refractivity contribution in [3.63, 3.8) is 0 Å². The predicted octanol–water partition coefficient (Wildman–Crippen LogP) is 4.62. The average Bonchev–Trinajstić information content (AvgIpc) is 3.07. The Bertz CT molecular complexity index is 287. The van der Waals surface area contributed by atoms with Crippen molar-refractivity contribution in [2.24, 2.45) is 29.6 Å². The Labute approximate surface area is 119 Å². The molecule has 0 saturated heterocycles. The molecule has 0 radical (unpaired) electrons. The van der Waals surface area contributed by atoms with Crippen LogP contribution in [0.15, 0.2) is 0 Å². The molecule has 0 heterocycles. The molecule has 2 bridgehead atoms. The smallest absolute Gasteiger partial charge is 0.0129 e. The Morgan fingerprint density at radius 1 is 0.947 bits per heavy atom. The van der Waals surface area contributed by atoms with Crippen LogP contribution in [0.2, 0.25) is 0 Å². The maximum Gasteiger partial charge on any atom is 0.0129 e. The van der Waals surface area contributed by atoms with Gasteiger partial charge in [-0.3, -0.25) is 0 Å². The van der Waals surface area contributed by atoms with E-state index in [0.717, 1.165) is 35.6 Å². The van der Waals surface area contributed by atoms with Gasteiger partial charge >= 0.3 is 0 Å². The molecular weight excluding hydrogens is 230 g/mol. The zero-order valence-electron chi connectivity index (χ0n) is 13.0. The van der Waals surface area contributed by atoms with Crippen LogP contribution >= 0.6 is 0 Å². The summed E-state index contributed by atoms with van der Waals surface area (Å²) in [5.74, 6) is 5.20. The van der Waals surface area contributed by atoms with Crippen LogP contribution in [0.1, 0.15) is 71.6 Å². The van der Waals surface area contributed by atoms with Crippen LogP contribution in [0.4, 0.5) is 0 Å². The number of hydrogen-bond acceptors (Lipinski definition) is 1. The first-order chi connectivity index (χ1) is 9.33. The van der Waals surface area contributed by atoms with Crippen molar-refractivity contribution in [1.82, 2.24) is 5.32 Å². The van der Waals surface area contributed by atoms with E-state index in [2.05, 4.69) is 19.2 Å². The van der Waals surface area contributed by atoms with E-state index in [1.165, 1.54) is 38.6 Å². The molecule has 110 valence electrons. The minimum absolute atomic E-state index is 0.852. The van der Waals surface area contributed by atoms with Gasteiger partial charge in [0.15, 0.2) is 0 Å². The lowest BCUT2D eigenvalue weighted by Crippen LogP contribution is -2.47. The van der Waals surface area contributed by atoms with Gasteiger partial charge in [-0.2, -0.15) is 0 Å². The molecule has 6 atom stereocenters. The summed E-state index contributed by atoms with van der Waals surface area (Å²) in [5, 5.41) is 3.94. The van der Waals surface area contributed by atoms with E-state index < -0.39 is 0 Å². The van der Waals surface area contributed by atoms with Crippen LogP contribution in [0, 0.1) is 29.6 Å². The molecule has 1 N–H and O–H groups in total. The molecule has 0 aromatic rings. The molecule has 3 saturated carbocycles. The standard InChI is InChI=1S/C18H33N/c1-3-14-7-5-6-8-16(14)18(19-4-2)17-12-13-9-10-15(17)11-13/h13-19H,3-12H2,1-2H3. The van der Waals surface area contributed by atoms with Gasteiger partial charge < -0.3 is 5.32 Å². The van der Waals surface area contributed by atoms with Crippen LogP contribution in [0.25, 0.3) is 0 Å². The van der Waals surface area contributed by atoms with Gasteiger partial charge in [0.1, 0.15) is 0 Å². The second kappa shape index (κ2) is 6.16. The second-order valence-corrected chi connectivity index (χ2v) is 7.54. The Morgan fingerprint density at radius 2 is 1.79 bits per heavy atom. The fraction of sp³-hybridized carbons (Fsp3) is 1.00. The monoisotopic (exact) mass is 263 g/mol. The molecular formula is C18H33N. The largest absolute Gasteiger partial charge is 0.314 e. The van der Waals surface area contributed by atoms with Gasteiger partial charge in [0.25, 0.3) is 0 Å². The van der Waals surface area contributed by atoms with Crippen molar-refractivity contribution in [3.8, 4) is 0 Å². The van der Waals surface area contributed by atoms with E-state index >= 15 is 0 Å². The van der Waals surface area contributed by atoms with Gasteiger partial charge in [-0.25, -0.2) is 0 Å². The van der Waals surface area contributed by atoms with Crippen LogP contribution in [0.3, 0.4) is 0 Å². The first kappa shape index (κ1) is 13.9. The number of rotatable bonds is 5. The zero-order valence-corrected chi connectivity index (χ0v) is 13.0. The van der Waals surface area contributed by atoms with Gasteiger partial charge in [0.2, 0.25) is 0 Å². The second-order valence-electron chi connectivity index (χ2n) is 7.54. The predicted molar refractivity (Wildman–Crippen MR) is 82.1 cm³/mol. The summed E-state index contributed by atoms with van der Waals surface area (Å²) < 4.78 is 0. The first-order valence-corrected chi connectivity index (χ1v) is 9.06. The van der Waals surface area contributed by atoms with Crippen molar-refractivity contribution < 1.29 is 0 Å². The van der Waals surface area contributed by atoms with Gasteiger partial charge in [-0.1, -0.05) is 46.0 Å².